The molecule has 110 valence electrons. The summed E-state index contributed by atoms with van der Waals surface area (Å²) in [5.41, 5.74) is 0.638. The molecule has 0 aliphatic carbocycles. The summed E-state index contributed by atoms with van der Waals surface area (Å²) in [6.45, 7) is 2.19. The van der Waals surface area contributed by atoms with Crippen molar-refractivity contribution in [3.63, 3.8) is 0 Å². The zero-order chi connectivity index (χ0) is 14.4. The second-order valence-corrected chi connectivity index (χ2v) is 4.91. The molecule has 1 aromatic rings. The van der Waals surface area contributed by atoms with Crippen molar-refractivity contribution in [2.24, 2.45) is 0 Å². The van der Waals surface area contributed by atoms with E-state index < -0.39 is 0 Å². The summed E-state index contributed by atoms with van der Waals surface area (Å²) in [6, 6.07) is 5.33. The summed E-state index contributed by atoms with van der Waals surface area (Å²) in [5.74, 6) is 1.35. The van der Waals surface area contributed by atoms with E-state index in [4.69, 9.17) is 9.47 Å². The molecule has 1 atom stereocenters. The normalized spacial score (nSPS) is 18.6. The summed E-state index contributed by atoms with van der Waals surface area (Å²) in [7, 11) is 3.36. The minimum absolute atomic E-state index is 0.0433. The van der Waals surface area contributed by atoms with E-state index in [9.17, 15) is 4.79 Å². The number of benzene rings is 1. The van der Waals surface area contributed by atoms with E-state index in [1.165, 1.54) is 0 Å². The van der Waals surface area contributed by atoms with E-state index >= 15 is 0 Å². The lowest BCUT2D eigenvalue weighted by molar-refractivity contribution is 0.0992. The Balaban J connectivity index is 2.15. The smallest absolute Gasteiger partial charge is 0.176 e. The van der Waals surface area contributed by atoms with Crippen molar-refractivity contribution in [2.75, 3.05) is 33.8 Å². The second kappa shape index (κ2) is 7.26. The zero-order valence-corrected chi connectivity index (χ0v) is 12.1. The predicted molar refractivity (Wildman–Crippen MR) is 77.8 cm³/mol. The van der Waals surface area contributed by atoms with E-state index in [2.05, 4.69) is 10.6 Å². The molecule has 2 rings (SSSR count). The third-order valence-electron chi connectivity index (χ3n) is 3.37. The molecule has 1 heterocycles. The van der Waals surface area contributed by atoms with Gasteiger partial charge in [-0.3, -0.25) is 4.79 Å². The highest BCUT2D eigenvalue weighted by molar-refractivity contribution is 5.98. The number of methoxy groups -OCH3 is 1. The van der Waals surface area contributed by atoms with E-state index in [0.29, 0.717) is 23.6 Å². The minimum atomic E-state index is 0.0433. The average molecular weight is 278 g/mol. The number of Topliss-reactive ketones (excluding diaryl/α,β-unsaturated/α-hetero) is 1. The second-order valence-electron chi connectivity index (χ2n) is 4.91. The molecule has 20 heavy (non-hydrogen) atoms. The maximum Gasteiger partial charge on any atom is 0.176 e. The molecule has 1 aromatic carbocycles. The minimum Gasteiger partial charge on any atom is -0.493 e. The molecule has 0 saturated carbocycles. The first-order valence-electron chi connectivity index (χ1n) is 6.98. The van der Waals surface area contributed by atoms with Crippen LogP contribution in [0.4, 0.5) is 0 Å². The Morgan fingerprint density at radius 3 is 2.95 bits per heavy atom. The number of nitrogens with one attached hydrogen (secondary N) is 2. The molecular formula is C15H22N2O3. The molecule has 0 aromatic heterocycles. The molecule has 2 N–H and O–H groups in total. The third-order valence-corrected chi connectivity index (χ3v) is 3.37. The fraction of sp³-hybridized carbons (Fsp3) is 0.533. The number of ketones is 1. The van der Waals surface area contributed by atoms with Gasteiger partial charge in [-0.15, -0.1) is 0 Å². The van der Waals surface area contributed by atoms with Crippen LogP contribution in [0.1, 0.15) is 23.2 Å². The molecule has 0 bridgehead atoms. The van der Waals surface area contributed by atoms with Gasteiger partial charge in [-0.05, 0) is 44.6 Å². The molecule has 1 aliphatic rings. The number of hydrogen-bond acceptors (Lipinski definition) is 5. The van der Waals surface area contributed by atoms with Gasteiger partial charge in [0.25, 0.3) is 0 Å². The Hall–Kier alpha value is -1.59. The monoisotopic (exact) mass is 278 g/mol. The highest BCUT2D eigenvalue weighted by Crippen LogP contribution is 2.30. The molecule has 0 amide bonds. The summed E-state index contributed by atoms with van der Waals surface area (Å²) >= 11 is 0. The lowest BCUT2D eigenvalue weighted by Gasteiger charge is -2.25. The van der Waals surface area contributed by atoms with Gasteiger partial charge in [0, 0.05) is 12.1 Å². The number of likely N-dealkylation sites (N-methyl/N-ethyl adjacent to an activating group) is 1. The fourth-order valence-electron chi connectivity index (χ4n) is 2.30. The van der Waals surface area contributed by atoms with Crippen molar-refractivity contribution in [3.8, 4) is 11.5 Å². The standard InChI is InChI=1S/C15H22N2O3/c1-16-10-13(18)11-5-6-14(19-2)15(8-11)20-12-4-3-7-17-9-12/h5-6,8,12,16-17H,3-4,7,9-10H2,1-2H3. The van der Waals surface area contributed by atoms with Crippen LogP contribution in [0.2, 0.25) is 0 Å². The van der Waals surface area contributed by atoms with Gasteiger partial charge in [-0.2, -0.15) is 0 Å². The first-order valence-corrected chi connectivity index (χ1v) is 6.98. The van der Waals surface area contributed by atoms with E-state index in [1.54, 1.807) is 32.4 Å². The molecular weight excluding hydrogens is 256 g/mol. The zero-order valence-electron chi connectivity index (χ0n) is 12.1. The fourth-order valence-corrected chi connectivity index (χ4v) is 2.30. The van der Waals surface area contributed by atoms with Gasteiger partial charge < -0.3 is 20.1 Å². The summed E-state index contributed by atoms with van der Waals surface area (Å²) in [6.07, 6.45) is 2.25. The van der Waals surface area contributed by atoms with Crippen LogP contribution >= 0.6 is 0 Å². The van der Waals surface area contributed by atoms with Gasteiger partial charge >= 0.3 is 0 Å². The number of ether oxygens (including phenoxy) is 2. The number of carbonyl (C=O) groups is 1. The van der Waals surface area contributed by atoms with Crippen molar-refractivity contribution in [1.29, 1.82) is 0 Å². The number of rotatable bonds is 6. The van der Waals surface area contributed by atoms with Crippen LogP contribution < -0.4 is 20.1 Å². The van der Waals surface area contributed by atoms with Crippen molar-refractivity contribution in [2.45, 2.75) is 18.9 Å². The largest absolute Gasteiger partial charge is 0.493 e. The Morgan fingerprint density at radius 1 is 1.45 bits per heavy atom. The van der Waals surface area contributed by atoms with Gasteiger partial charge in [-0.1, -0.05) is 0 Å². The van der Waals surface area contributed by atoms with Gasteiger partial charge in [0.1, 0.15) is 6.10 Å². The Morgan fingerprint density at radius 2 is 2.30 bits per heavy atom. The number of carbonyl (C=O) groups excluding carboxylic acids is 1. The van der Waals surface area contributed by atoms with E-state index in [-0.39, 0.29) is 11.9 Å². The van der Waals surface area contributed by atoms with Crippen molar-refractivity contribution < 1.29 is 14.3 Å². The van der Waals surface area contributed by atoms with Crippen molar-refractivity contribution in [3.05, 3.63) is 23.8 Å². The van der Waals surface area contributed by atoms with Gasteiger partial charge in [0.05, 0.1) is 13.7 Å². The van der Waals surface area contributed by atoms with Crippen LogP contribution in [0.3, 0.4) is 0 Å². The predicted octanol–water partition coefficient (Wildman–Crippen LogP) is 1.23. The Labute approximate surface area is 119 Å². The lowest BCUT2D eigenvalue weighted by atomic mass is 10.1. The molecule has 5 heteroatoms. The van der Waals surface area contributed by atoms with Gasteiger partial charge in [0.2, 0.25) is 0 Å². The molecule has 0 spiro atoms. The first-order chi connectivity index (χ1) is 9.74. The number of piperidine rings is 1. The molecule has 1 saturated heterocycles. The van der Waals surface area contributed by atoms with Crippen LogP contribution in [0.5, 0.6) is 11.5 Å². The lowest BCUT2D eigenvalue weighted by Crippen LogP contribution is -2.37. The van der Waals surface area contributed by atoms with Crippen LogP contribution in [-0.2, 0) is 0 Å². The Kier molecular flexibility index (Phi) is 5.38. The van der Waals surface area contributed by atoms with E-state index in [0.717, 1.165) is 25.9 Å². The molecule has 1 fully saturated rings. The first kappa shape index (κ1) is 14.8. The third kappa shape index (κ3) is 3.71. The highest BCUT2D eigenvalue weighted by atomic mass is 16.5. The highest BCUT2D eigenvalue weighted by Gasteiger charge is 2.18. The maximum atomic E-state index is 11.9. The quantitative estimate of drug-likeness (QED) is 0.766. The molecule has 1 aliphatic heterocycles. The van der Waals surface area contributed by atoms with Crippen molar-refractivity contribution >= 4 is 5.78 Å². The summed E-state index contributed by atoms with van der Waals surface area (Å²) in [4.78, 5) is 11.9. The van der Waals surface area contributed by atoms with E-state index in [1.807, 2.05) is 0 Å². The Bertz CT molecular complexity index is 456. The van der Waals surface area contributed by atoms with Crippen LogP contribution in [0.15, 0.2) is 18.2 Å². The maximum absolute atomic E-state index is 11.9. The molecule has 1 unspecified atom stereocenters. The van der Waals surface area contributed by atoms with Gasteiger partial charge in [0.15, 0.2) is 17.3 Å². The number of hydrogen-bond donors (Lipinski definition) is 2. The molecule has 0 radical (unpaired) electrons. The van der Waals surface area contributed by atoms with Crippen LogP contribution in [0, 0.1) is 0 Å². The van der Waals surface area contributed by atoms with Gasteiger partial charge in [-0.25, -0.2) is 0 Å². The van der Waals surface area contributed by atoms with Crippen molar-refractivity contribution in [1.82, 2.24) is 10.6 Å². The van der Waals surface area contributed by atoms with Crippen LogP contribution in [-0.4, -0.2) is 45.7 Å². The average Bonchev–Trinajstić information content (AvgIpc) is 2.48. The topological polar surface area (TPSA) is 59.6 Å². The van der Waals surface area contributed by atoms with Crippen LogP contribution in [0.25, 0.3) is 0 Å². The SMILES string of the molecule is CNCC(=O)c1ccc(OC)c(OC2CCCNC2)c1. The summed E-state index contributed by atoms with van der Waals surface area (Å²) in [5, 5.41) is 6.17. The summed E-state index contributed by atoms with van der Waals surface area (Å²) < 4.78 is 11.3. The molecule has 5 nitrogen and oxygen atoms in total.